The number of alkyl carbamates (subject to hydrolysis) is 1. The standard InChI is InChI=1S/C16H26N2O7/c1-16(2,3)25-15(23)17-11(13(20)21)9-12(19)18-7-5-10(6-8-18)14(22)24-4/h10-11H,5-9H2,1-4H3,(H,17,23)(H,20,21). The summed E-state index contributed by atoms with van der Waals surface area (Å²) in [6, 6.07) is -1.37. The van der Waals surface area contributed by atoms with Gasteiger partial charge in [-0.25, -0.2) is 9.59 Å². The maximum Gasteiger partial charge on any atom is 0.408 e. The number of carbonyl (C=O) groups excluding carboxylic acids is 3. The monoisotopic (exact) mass is 358 g/mol. The quantitative estimate of drug-likeness (QED) is 0.696. The van der Waals surface area contributed by atoms with Gasteiger partial charge in [0, 0.05) is 13.1 Å². The fourth-order valence-corrected chi connectivity index (χ4v) is 2.48. The first-order valence-electron chi connectivity index (χ1n) is 8.11. The molecule has 0 aromatic rings. The van der Waals surface area contributed by atoms with Gasteiger partial charge in [0.2, 0.25) is 5.91 Å². The van der Waals surface area contributed by atoms with Gasteiger partial charge in [-0.1, -0.05) is 0 Å². The van der Waals surface area contributed by atoms with Crippen LogP contribution in [0.15, 0.2) is 0 Å². The van der Waals surface area contributed by atoms with Crippen molar-refractivity contribution < 1.29 is 33.8 Å². The lowest BCUT2D eigenvalue weighted by molar-refractivity contribution is -0.149. The van der Waals surface area contributed by atoms with E-state index in [-0.39, 0.29) is 18.3 Å². The molecule has 1 heterocycles. The van der Waals surface area contributed by atoms with E-state index >= 15 is 0 Å². The second-order valence-electron chi connectivity index (χ2n) is 6.92. The van der Waals surface area contributed by atoms with Crippen molar-refractivity contribution in [2.45, 2.75) is 51.7 Å². The highest BCUT2D eigenvalue weighted by Gasteiger charge is 2.31. The highest BCUT2D eigenvalue weighted by Crippen LogP contribution is 2.19. The maximum absolute atomic E-state index is 12.3. The average Bonchev–Trinajstić information content (AvgIpc) is 2.51. The van der Waals surface area contributed by atoms with Crippen LogP contribution in [0, 0.1) is 5.92 Å². The van der Waals surface area contributed by atoms with Gasteiger partial charge in [-0.2, -0.15) is 0 Å². The molecule has 1 fully saturated rings. The Balaban J connectivity index is 2.56. The van der Waals surface area contributed by atoms with Gasteiger partial charge in [0.1, 0.15) is 11.6 Å². The summed E-state index contributed by atoms with van der Waals surface area (Å²) in [7, 11) is 1.32. The van der Waals surface area contributed by atoms with E-state index in [2.05, 4.69) is 10.1 Å². The van der Waals surface area contributed by atoms with E-state index < -0.39 is 29.6 Å². The molecule has 0 saturated carbocycles. The second-order valence-corrected chi connectivity index (χ2v) is 6.92. The van der Waals surface area contributed by atoms with E-state index in [1.165, 1.54) is 12.0 Å². The van der Waals surface area contributed by atoms with Gasteiger partial charge >= 0.3 is 18.0 Å². The van der Waals surface area contributed by atoms with Crippen molar-refractivity contribution in [2.24, 2.45) is 5.92 Å². The zero-order valence-corrected chi connectivity index (χ0v) is 15.0. The number of methoxy groups -OCH3 is 1. The van der Waals surface area contributed by atoms with Crippen molar-refractivity contribution in [1.82, 2.24) is 10.2 Å². The van der Waals surface area contributed by atoms with Crippen LogP contribution in [0.3, 0.4) is 0 Å². The van der Waals surface area contributed by atoms with Crippen molar-refractivity contribution in [3.8, 4) is 0 Å². The van der Waals surface area contributed by atoms with Gasteiger partial charge in [0.15, 0.2) is 0 Å². The van der Waals surface area contributed by atoms with E-state index in [1.54, 1.807) is 20.8 Å². The van der Waals surface area contributed by atoms with Gasteiger partial charge < -0.3 is 24.8 Å². The zero-order valence-electron chi connectivity index (χ0n) is 15.0. The van der Waals surface area contributed by atoms with Crippen LogP contribution in [0.5, 0.6) is 0 Å². The Bertz CT molecular complexity index is 519. The summed E-state index contributed by atoms with van der Waals surface area (Å²) < 4.78 is 9.69. The van der Waals surface area contributed by atoms with Crippen molar-refractivity contribution >= 4 is 23.9 Å². The number of piperidine rings is 1. The second kappa shape index (κ2) is 8.68. The molecule has 0 aliphatic carbocycles. The lowest BCUT2D eigenvalue weighted by Crippen LogP contribution is -2.48. The minimum absolute atomic E-state index is 0.246. The SMILES string of the molecule is COC(=O)C1CCN(C(=O)CC(NC(=O)OC(C)(C)C)C(=O)O)CC1. The molecule has 9 nitrogen and oxygen atoms in total. The number of hydrogen-bond donors (Lipinski definition) is 2. The van der Waals surface area contributed by atoms with Gasteiger partial charge in [-0.05, 0) is 33.6 Å². The summed E-state index contributed by atoms with van der Waals surface area (Å²) in [6.07, 6.45) is -0.333. The normalized spacial score (nSPS) is 16.7. The lowest BCUT2D eigenvalue weighted by Gasteiger charge is -2.31. The van der Waals surface area contributed by atoms with Crippen LogP contribution in [-0.4, -0.2) is 65.8 Å². The molecule has 1 unspecified atom stereocenters. The fourth-order valence-electron chi connectivity index (χ4n) is 2.48. The summed E-state index contributed by atoms with van der Waals surface area (Å²) in [4.78, 5) is 48.3. The summed E-state index contributed by atoms with van der Waals surface area (Å²) in [5.41, 5.74) is -0.771. The number of ether oxygens (including phenoxy) is 2. The minimum Gasteiger partial charge on any atom is -0.480 e. The molecule has 2 amide bonds. The molecule has 142 valence electrons. The Morgan fingerprint density at radius 1 is 1.20 bits per heavy atom. The van der Waals surface area contributed by atoms with E-state index in [0.717, 1.165) is 0 Å². The number of carbonyl (C=O) groups is 4. The number of hydrogen-bond acceptors (Lipinski definition) is 6. The predicted molar refractivity (Wildman–Crippen MR) is 86.7 cm³/mol. The van der Waals surface area contributed by atoms with Crippen LogP contribution >= 0.6 is 0 Å². The van der Waals surface area contributed by atoms with Crippen molar-refractivity contribution in [1.29, 1.82) is 0 Å². The molecular formula is C16H26N2O7. The third-order valence-corrected chi connectivity index (χ3v) is 3.75. The van der Waals surface area contributed by atoms with E-state index in [1.807, 2.05) is 0 Å². The number of amides is 2. The van der Waals surface area contributed by atoms with Crippen molar-refractivity contribution in [3.05, 3.63) is 0 Å². The van der Waals surface area contributed by atoms with Crippen molar-refractivity contribution in [3.63, 3.8) is 0 Å². The molecule has 1 aliphatic rings. The van der Waals surface area contributed by atoms with Crippen LogP contribution in [0.25, 0.3) is 0 Å². The number of carboxylic acids is 1. The Morgan fingerprint density at radius 2 is 1.76 bits per heavy atom. The number of nitrogens with one attached hydrogen (secondary N) is 1. The number of aliphatic carboxylic acids is 1. The fraction of sp³-hybridized carbons (Fsp3) is 0.750. The van der Waals surface area contributed by atoms with Gasteiger partial charge in [-0.15, -0.1) is 0 Å². The number of rotatable bonds is 5. The molecule has 1 atom stereocenters. The average molecular weight is 358 g/mol. The largest absolute Gasteiger partial charge is 0.480 e. The highest BCUT2D eigenvalue weighted by atomic mass is 16.6. The molecule has 0 spiro atoms. The predicted octanol–water partition coefficient (Wildman–Crippen LogP) is 0.766. The number of carboxylic acid groups (broad SMARTS) is 1. The summed E-state index contributed by atoms with van der Waals surface area (Å²) in [5, 5.41) is 11.4. The van der Waals surface area contributed by atoms with Gasteiger partial charge in [-0.3, -0.25) is 9.59 Å². The third kappa shape index (κ3) is 6.98. The smallest absolute Gasteiger partial charge is 0.408 e. The van der Waals surface area contributed by atoms with Crippen LogP contribution < -0.4 is 5.32 Å². The van der Waals surface area contributed by atoms with Gasteiger partial charge in [0.25, 0.3) is 0 Å². The van der Waals surface area contributed by atoms with Gasteiger partial charge in [0.05, 0.1) is 19.4 Å². The Labute approximate surface area is 146 Å². The Kier molecular flexibility index (Phi) is 7.20. The molecule has 9 heteroatoms. The first-order chi connectivity index (χ1) is 11.5. The Morgan fingerprint density at radius 3 is 2.20 bits per heavy atom. The summed E-state index contributed by atoms with van der Waals surface area (Å²) >= 11 is 0. The maximum atomic E-state index is 12.3. The number of esters is 1. The summed E-state index contributed by atoms with van der Waals surface area (Å²) in [6.45, 7) is 5.64. The topological polar surface area (TPSA) is 122 Å². The van der Waals surface area contributed by atoms with E-state index in [4.69, 9.17) is 4.74 Å². The van der Waals surface area contributed by atoms with E-state index in [9.17, 15) is 24.3 Å². The molecule has 1 rings (SSSR count). The number of nitrogens with zero attached hydrogens (tertiary/aromatic N) is 1. The Hall–Kier alpha value is -2.32. The molecule has 0 radical (unpaired) electrons. The molecular weight excluding hydrogens is 332 g/mol. The molecule has 1 saturated heterocycles. The van der Waals surface area contributed by atoms with Crippen molar-refractivity contribution in [2.75, 3.05) is 20.2 Å². The molecule has 0 bridgehead atoms. The molecule has 0 aromatic carbocycles. The first kappa shape index (κ1) is 20.7. The minimum atomic E-state index is -1.37. The van der Waals surface area contributed by atoms with Crippen LogP contribution in [-0.2, 0) is 23.9 Å². The van der Waals surface area contributed by atoms with E-state index in [0.29, 0.717) is 25.9 Å². The van der Waals surface area contributed by atoms with Crippen LogP contribution in [0.2, 0.25) is 0 Å². The zero-order chi connectivity index (χ0) is 19.2. The van der Waals surface area contributed by atoms with Crippen LogP contribution in [0.4, 0.5) is 4.79 Å². The molecule has 25 heavy (non-hydrogen) atoms. The molecule has 2 N–H and O–H groups in total. The third-order valence-electron chi connectivity index (χ3n) is 3.75. The molecule has 1 aliphatic heterocycles. The molecule has 0 aromatic heterocycles. The number of likely N-dealkylation sites (tertiary alicyclic amines) is 1. The summed E-state index contributed by atoms with van der Waals surface area (Å²) in [5.74, 6) is -2.26. The highest BCUT2D eigenvalue weighted by molar-refractivity contribution is 5.87. The lowest BCUT2D eigenvalue weighted by atomic mass is 9.96. The first-order valence-corrected chi connectivity index (χ1v) is 8.11. The van der Waals surface area contributed by atoms with Crippen LogP contribution in [0.1, 0.15) is 40.0 Å².